The quantitative estimate of drug-likeness (QED) is 0.389. The van der Waals surface area contributed by atoms with Gasteiger partial charge in [-0.15, -0.1) is 0 Å². The second kappa shape index (κ2) is 9.56. The lowest BCUT2D eigenvalue weighted by Crippen LogP contribution is -1.97. The van der Waals surface area contributed by atoms with Crippen LogP contribution in [0.1, 0.15) is 48.5 Å². The fraction of sp³-hybridized carbons (Fsp3) is 0.286. The minimum atomic E-state index is -0.223. The molecular formula is C21H24O3. The average molecular weight is 324 g/mol. The molecule has 2 aromatic rings. The van der Waals surface area contributed by atoms with Gasteiger partial charge in [0.05, 0.1) is 12.2 Å². The van der Waals surface area contributed by atoms with Crippen LogP contribution in [0.4, 0.5) is 0 Å². The summed E-state index contributed by atoms with van der Waals surface area (Å²) in [6.07, 6.45) is 7.89. The maximum atomic E-state index is 12.1. The molecule has 126 valence electrons. The highest BCUT2D eigenvalue weighted by molar-refractivity contribution is 6.08. The third kappa shape index (κ3) is 5.58. The number of hydrogen-bond donors (Lipinski definition) is 1. The fourth-order valence-corrected chi connectivity index (χ4v) is 2.37. The molecule has 0 aromatic heterocycles. The maximum absolute atomic E-state index is 12.1. The van der Waals surface area contributed by atoms with Crippen molar-refractivity contribution in [3.8, 4) is 11.5 Å². The van der Waals surface area contributed by atoms with Crippen LogP contribution in [0.3, 0.4) is 0 Å². The van der Waals surface area contributed by atoms with Crippen LogP contribution in [0.2, 0.25) is 0 Å². The van der Waals surface area contributed by atoms with Gasteiger partial charge < -0.3 is 9.84 Å². The molecule has 1 N–H and O–H groups in total. The van der Waals surface area contributed by atoms with Gasteiger partial charge in [-0.1, -0.05) is 56.5 Å². The molecule has 0 saturated heterocycles. The number of phenols is 1. The summed E-state index contributed by atoms with van der Waals surface area (Å²) < 4.78 is 5.74. The van der Waals surface area contributed by atoms with E-state index in [0.717, 1.165) is 17.7 Å². The van der Waals surface area contributed by atoms with E-state index in [1.807, 2.05) is 24.3 Å². The monoisotopic (exact) mass is 324 g/mol. The number of rotatable bonds is 9. The van der Waals surface area contributed by atoms with E-state index in [4.69, 9.17) is 4.74 Å². The molecule has 0 heterocycles. The number of ketones is 1. The molecule has 0 aliphatic rings. The van der Waals surface area contributed by atoms with Crippen LogP contribution in [-0.2, 0) is 0 Å². The predicted molar refractivity (Wildman–Crippen MR) is 97.6 cm³/mol. The number of allylic oxidation sites excluding steroid dienone is 1. The Morgan fingerprint density at radius 3 is 2.71 bits per heavy atom. The van der Waals surface area contributed by atoms with E-state index in [0.29, 0.717) is 12.2 Å². The van der Waals surface area contributed by atoms with Crippen LogP contribution in [0, 0.1) is 0 Å². The molecule has 0 fully saturated rings. The Hall–Kier alpha value is -2.55. The molecule has 0 radical (unpaired) electrons. The van der Waals surface area contributed by atoms with Crippen molar-refractivity contribution in [2.24, 2.45) is 0 Å². The Bertz CT molecular complexity index is 689. The minimum absolute atomic E-state index is 0.00341. The van der Waals surface area contributed by atoms with Crippen LogP contribution in [-0.4, -0.2) is 17.5 Å². The summed E-state index contributed by atoms with van der Waals surface area (Å²) in [5.41, 5.74) is 1.20. The highest BCUT2D eigenvalue weighted by Crippen LogP contribution is 2.18. The first kappa shape index (κ1) is 17.8. The third-order valence-corrected chi connectivity index (χ3v) is 3.72. The second-order valence-corrected chi connectivity index (χ2v) is 5.70. The van der Waals surface area contributed by atoms with Gasteiger partial charge in [-0.05, 0) is 42.3 Å². The minimum Gasteiger partial charge on any atom is -0.507 e. The lowest BCUT2D eigenvalue weighted by molar-refractivity contribution is 0.104. The summed E-state index contributed by atoms with van der Waals surface area (Å²) in [4.78, 5) is 12.1. The standard InChI is InChI=1S/C21H24O3/c1-2-3-4-7-15-24-18-10-8-9-17(16-18)13-14-21(23)19-11-5-6-12-20(19)22/h5-6,8-14,16,22H,2-4,7,15H2,1H3. The van der Waals surface area contributed by atoms with E-state index >= 15 is 0 Å². The SMILES string of the molecule is CCCCCCOc1cccc(C=CC(=O)c2ccccc2O)c1. The van der Waals surface area contributed by atoms with Crippen molar-refractivity contribution in [3.63, 3.8) is 0 Å². The molecule has 0 unspecified atom stereocenters. The number of benzene rings is 2. The van der Waals surface area contributed by atoms with Gasteiger partial charge in [0.25, 0.3) is 0 Å². The smallest absolute Gasteiger partial charge is 0.189 e. The Kier molecular flexibility index (Phi) is 7.09. The third-order valence-electron chi connectivity index (χ3n) is 3.72. The van der Waals surface area contributed by atoms with E-state index in [1.165, 1.54) is 31.4 Å². The zero-order valence-corrected chi connectivity index (χ0v) is 14.1. The Balaban J connectivity index is 1.94. The van der Waals surface area contributed by atoms with Gasteiger partial charge in [0.15, 0.2) is 5.78 Å². The van der Waals surface area contributed by atoms with E-state index in [9.17, 15) is 9.90 Å². The van der Waals surface area contributed by atoms with Crippen LogP contribution < -0.4 is 4.74 Å². The first-order valence-electron chi connectivity index (χ1n) is 8.44. The maximum Gasteiger partial charge on any atom is 0.189 e. The molecule has 0 spiro atoms. The first-order valence-corrected chi connectivity index (χ1v) is 8.44. The van der Waals surface area contributed by atoms with Gasteiger partial charge >= 0.3 is 0 Å². The van der Waals surface area contributed by atoms with Crippen molar-refractivity contribution in [1.82, 2.24) is 0 Å². The van der Waals surface area contributed by atoms with Crippen LogP contribution in [0.25, 0.3) is 6.08 Å². The van der Waals surface area contributed by atoms with Gasteiger partial charge in [-0.3, -0.25) is 4.79 Å². The summed E-state index contributed by atoms with van der Waals surface area (Å²) in [6.45, 7) is 2.90. The first-order chi connectivity index (χ1) is 11.7. The van der Waals surface area contributed by atoms with Crippen molar-refractivity contribution in [2.75, 3.05) is 6.61 Å². The average Bonchev–Trinajstić information content (AvgIpc) is 2.60. The van der Waals surface area contributed by atoms with Crippen molar-refractivity contribution in [2.45, 2.75) is 32.6 Å². The topological polar surface area (TPSA) is 46.5 Å². The largest absolute Gasteiger partial charge is 0.507 e. The predicted octanol–water partition coefficient (Wildman–Crippen LogP) is 5.25. The van der Waals surface area contributed by atoms with Crippen molar-refractivity contribution >= 4 is 11.9 Å². The molecule has 0 aliphatic heterocycles. The molecule has 2 rings (SSSR count). The van der Waals surface area contributed by atoms with Crippen LogP contribution >= 0.6 is 0 Å². The molecule has 3 heteroatoms. The zero-order chi connectivity index (χ0) is 17.2. The second-order valence-electron chi connectivity index (χ2n) is 5.70. The van der Waals surface area contributed by atoms with Gasteiger partial charge in [-0.25, -0.2) is 0 Å². The highest BCUT2D eigenvalue weighted by atomic mass is 16.5. The lowest BCUT2D eigenvalue weighted by atomic mass is 10.1. The van der Waals surface area contributed by atoms with Crippen molar-refractivity contribution in [3.05, 3.63) is 65.7 Å². The van der Waals surface area contributed by atoms with E-state index < -0.39 is 0 Å². The normalized spacial score (nSPS) is 10.9. The van der Waals surface area contributed by atoms with Gasteiger partial charge in [0.1, 0.15) is 11.5 Å². The molecule has 0 atom stereocenters. The Morgan fingerprint density at radius 2 is 1.92 bits per heavy atom. The number of hydrogen-bond acceptors (Lipinski definition) is 3. The molecule has 0 aliphatic carbocycles. The molecule has 2 aromatic carbocycles. The van der Waals surface area contributed by atoms with Gasteiger partial charge in [0, 0.05) is 0 Å². The van der Waals surface area contributed by atoms with Crippen LogP contribution in [0.15, 0.2) is 54.6 Å². The number of para-hydroxylation sites is 1. The highest BCUT2D eigenvalue weighted by Gasteiger charge is 2.06. The van der Waals surface area contributed by atoms with Gasteiger partial charge in [0.2, 0.25) is 0 Å². The summed E-state index contributed by atoms with van der Waals surface area (Å²) in [6, 6.07) is 14.2. The fourth-order valence-electron chi connectivity index (χ4n) is 2.37. The number of unbranched alkanes of at least 4 members (excludes halogenated alkanes) is 3. The number of carbonyl (C=O) groups excluding carboxylic acids is 1. The molecule has 0 bridgehead atoms. The molecule has 3 nitrogen and oxygen atoms in total. The van der Waals surface area contributed by atoms with Crippen LogP contribution in [0.5, 0.6) is 11.5 Å². The summed E-state index contributed by atoms with van der Waals surface area (Å²) in [5.74, 6) is 0.582. The van der Waals surface area contributed by atoms with E-state index in [1.54, 1.807) is 24.3 Å². The zero-order valence-electron chi connectivity index (χ0n) is 14.1. The number of carbonyl (C=O) groups is 1. The Labute approximate surface area is 143 Å². The van der Waals surface area contributed by atoms with E-state index in [-0.39, 0.29) is 11.5 Å². The molecule has 24 heavy (non-hydrogen) atoms. The number of phenolic OH excluding ortho intramolecular Hbond substituents is 1. The van der Waals surface area contributed by atoms with Crippen molar-refractivity contribution < 1.29 is 14.6 Å². The number of aromatic hydroxyl groups is 1. The van der Waals surface area contributed by atoms with Crippen molar-refractivity contribution in [1.29, 1.82) is 0 Å². The van der Waals surface area contributed by atoms with E-state index in [2.05, 4.69) is 6.92 Å². The lowest BCUT2D eigenvalue weighted by Gasteiger charge is -2.06. The summed E-state index contributed by atoms with van der Waals surface area (Å²) >= 11 is 0. The summed E-state index contributed by atoms with van der Waals surface area (Å²) in [7, 11) is 0. The number of ether oxygens (including phenoxy) is 1. The molecular weight excluding hydrogens is 300 g/mol. The van der Waals surface area contributed by atoms with Gasteiger partial charge in [-0.2, -0.15) is 0 Å². The summed E-state index contributed by atoms with van der Waals surface area (Å²) in [5, 5.41) is 9.71. The Morgan fingerprint density at radius 1 is 1.08 bits per heavy atom. The molecule has 0 amide bonds. The molecule has 0 saturated carbocycles.